The van der Waals surface area contributed by atoms with Crippen molar-refractivity contribution in [3.63, 3.8) is 0 Å². The Hall–Kier alpha value is -2.29. The van der Waals surface area contributed by atoms with Crippen LogP contribution >= 0.6 is 0 Å². The first-order valence-electron chi connectivity index (χ1n) is 6.82. The topological polar surface area (TPSA) is 40.5 Å². The predicted octanol–water partition coefficient (Wildman–Crippen LogP) is 3.16. The molecule has 104 valence electrons. The predicted molar refractivity (Wildman–Crippen MR) is 81.0 cm³/mol. The number of anilines is 1. The van der Waals surface area contributed by atoms with Crippen LogP contribution in [0.15, 0.2) is 48.5 Å². The number of hydrogen-bond donors (Lipinski definition) is 1. The van der Waals surface area contributed by atoms with Crippen LogP contribution in [0.3, 0.4) is 0 Å². The number of carbonyl (C=O) groups excluding carboxylic acids is 1. The first kappa shape index (κ1) is 14.1. The molecule has 3 heteroatoms. The highest BCUT2D eigenvalue weighted by atomic mass is 16.3. The zero-order valence-electron chi connectivity index (χ0n) is 11.6. The molecule has 0 aromatic heterocycles. The Morgan fingerprint density at radius 1 is 1.05 bits per heavy atom. The lowest BCUT2D eigenvalue weighted by molar-refractivity contribution is -0.107. The summed E-state index contributed by atoms with van der Waals surface area (Å²) in [5.74, 6) is 0.141. The van der Waals surface area contributed by atoms with Crippen molar-refractivity contribution in [1.82, 2.24) is 0 Å². The lowest BCUT2D eigenvalue weighted by Gasteiger charge is -2.17. The average Bonchev–Trinajstić information content (AvgIpc) is 2.50. The van der Waals surface area contributed by atoms with Crippen LogP contribution in [0.2, 0.25) is 0 Å². The fraction of sp³-hybridized carbons (Fsp3) is 0.235. The van der Waals surface area contributed by atoms with Gasteiger partial charge in [0.1, 0.15) is 5.75 Å². The highest BCUT2D eigenvalue weighted by Gasteiger charge is 2.09. The summed E-state index contributed by atoms with van der Waals surface area (Å²) in [4.78, 5) is 12.5. The molecule has 0 heterocycles. The molecular formula is C17H19NO2. The van der Waals surface area contributed by atoms with Gasteiger partial charge in [0.2, 0.25) is 6.41 Å². The van der Waals surface area contributed by atoms with Crippen molar-refractivity contribution in [2.75, 3.05) is 11.4 Å². The maximum atomic E-state index is 11.0. The molecule has 0 spiro atoms. The third-order valence-electron chi connectivity index (χ3n) is 3.36. The van der Waals surface area contributed by atoms with Crippen molar-refractivity contribution in [3.8, 4) is 5.75 Å². The van der Waals surface area contributed by atoms with E-state index in [1.807, 2.05) is 37.3 Å². The summed E-state index contributed by atoms with van der Waals surface area (Å²) in [5, 5.41) is 9.85. The number of phenolic OH excluding ortho intramolecular Hbond substituents is 1. The van der Waals surface area contributed by atoms with E-state index in [9.17, 15) is 9.90 Å². The normalized spacial score (nSPS) is 10.2. The van der Waals surface area contributed by atoms with Gasteiger partial charge in [0.25, 0.3) is 0 Å². The van der Waals surface area contributed by atoms with E-state index >= 15 is 0 Å². The van der Waals surface area contributed by atoms with Crippen LogP contribution in [-0.2, 0) is 17.6 Å². The van der Waals surface area contributed by atoms with E-state index in [1.165, 1.54) is 10.5 Å². The van der Waals surface area contributed by atoms with Crippen LogP contribution in [0, 0.1) is 0 Å². The summed E-state index contributed by atoms with van der Waals surface area (Å²) in [6.45, 7) is 2.42. The number of carbonyl (C=O) groups is 1. The molecule has 2 aromatic carbocycles. The van der Waals surface area contributed by atoms with E-state index in [1.54, 1.807) is 6.07 Å². The Balaban J connectivity index is 2.13. The Morgan fingerprint density at radius 2 is 1.75 bits per heavy atom. The summed E-state index contributed by atoms with van der Waals surface area (Å²) in [6, 6.07) is 15.7. The minimum absolute atomic E-state index is 0.141. The summed E-state index contributed by atoms with van der Waals surface area (Å²) in [5.41, 5.74) is 2.97. The van der Waals surface area contributed by atoms with Gasteiger partial charge in [0, 0.05) is 6.54 Å². The zero-order valence-corrected chi connectivity index (χ0v) is 11.6. The van der Waals surface area contributed by atoms with Crippen molar-refractivity contribution < 1.29 is 9.90 Å². The molecule has 2 rings (SSSR count). The maximum absolute atomic E-state index is 11.0. The number of nitrogens with zero attached hydrogens (tertiary/aromatic N) is 1. The lowest BCUT2D eigenvalue weighted by Crippen LogP contribution is -2.20. The van der Waals surface area contributed by atoms with Crippen molar-refractivity contribution in [1.29, 1.82) is 0 Å². The Morgan fingerprint density at radius 3 is 2.40 bits per heavy atom. The third-order valence-corrected chi connectivity index (χ3v) is 3.36. The van der Waals surface area contributed by atoms with Crippen LogP contribution in [0.5, 0.6) is 5.75 Å². The van der Waals surface area contributed by atoms with Crippen molar-refractivity contribution in [3.05, 3.63) is 59.7 Å². The largest absolute Gasteiger partial charge is 0.506 e. The second-order valence-electron chi connectivity index (χ2n) is 4.70. The SMILES string of the molecule is CCN(C=O)c1cc(CCc2ccccc2)ccc1O. The van der Waals surface area contributed by atoms with Gasteiger partial charge in [0.15, 0.2) is 0 Å². The molecule has 0 saturated carbocycles. The summed E-state index contributed by atoms with van der Waals surface area (Å²) in [6.07, 6.45) is 2.57. The molecule has 2 aromatic rings. The van der Waals surface area contributed by atoms with Gasteiger partial charge in [-0.3, -0.25) is 4.79 Å². The van der Waals surface area contributed by atoms with Gasteiger partial charge >= 0.3 is 0 Å². The lowest BCUT2D eigenvalue weighted by atomic mass is 10.0. The zero-order chi connectivity index (χ0) is 14.4. The first-order chi connectivity index (χ1) is 9.74. The quantitative estimate of drug-likeness (QED) is 0.818. The van der Waals surface area contributed by atoms with Crippen molar-refractivity contribution >= 4 is 12.1 Å². The minimum atomic E-state index is 0.141. The third kappa shape index (κ3) is 3.38. The highest BCUT2D eigenvalue weighted by molar-refractivity contribution is 5.78. The first-order valence-corrected chi connectivity index (χ1v) is 6.82. The molecule has 20 heavy (non-hydrogen) atoms. The molecule has 0 aliphatic rings. The minimum Gasteiger partial charge on any atom is -0.506 e. The number of hydrogen-bond acceptors (Lipinski definition) is 2. The molecule has 1 amide bonds. The van der Waals surface area contributed by atoms with Gasteiger partial charge < -0.3 is 10.0 Å². The van der Waals surface area contributed by atoms with Crippen LogP contribution < -0.4 is 4.90 Å². The number of benzene rings is 2. The number of aromatic hydroxyl groups is 1. The molecule has 0 saturated heterocycles. The number of aryl methyl sites for hydroxylation is 2. The van der Waals surface area contributed by atoms with Crippen molar-refractivity contribution in [2.24, 2.45) is 0 Å². The molecule has 1 N–H and O–H groups in total. The van der Waals surface area contributed by atoms with E-state index in [4.69, 9.17) is 0 Å². The molecule has 0 bridgehead atoms. The molecule has 3 nitrogen and oxygen atoms in total. The van der Waals surface area contributed by atoms with Gasteiger partial charge in [-0.15, -0.1) is 0 Å². The van der Waals surface area contributed by atoms with Gasteiger partial charge in [-0.25, -0.2) is 0 Å². The van der Waals surface area contributed by atoms with E-state index in [0.29, 0.717) is 12.2 Å². The Kier molecular flexibility index (Phi) is 4.77. The maximum Gasteiger partial charge on any atom is 0.214 e. The van der Waals surface area contributed by atoms with Gasteiger partial charge in [-0.1, -0.05) is 36.4 Å². The van der Waals surface area contributed by atoms with Gasteiger partial charge in [-0.2, -0.15) is 0 Å². The summed E-state index contributed by atoms with van der Waals surface area (Å²) < 4.78 is 0. The molecule has 0 aliphatic heterocycles. The number of amides is 1. The smallest absolute Gasteiger partial charge is 0.214 e. The van der Waals surface area contributed by atoms with Gasteiger partial charge in [-0.05, 0) is 43.0 Å². The van der Waals surface area contributed by atoms with Crippen LogP contribution in [0.25, 0.3) is 0 Å². The van der Waals surface area contributed by atoms with Crippen molar-refractivity contribution in [2.45, 2.75) is 19.8 Å². The van der Waals surface area contributed by atoms with Crippen LogP contribution in [0.4, 0.5) is 5.69 Å². The molecule has 0 aliphatic carbocycles. The molecule has 0 radical (unpaired) electrons. The Bertz CT molecular complexity index is 566. The highest BCUT2D eigenvalue weighted by Crippen LogP contribution is 2.28. The summed E-state index contributed by atoms with van der Waals surface area (Å²) in [7, 11) is 0. The average molecular weight is 269 g/mol. The van der Waals surface area contributed by atoms with E-state index in [0.717, 1.165) is 24.8 Å². The second-order valence-corrected chi connectivity index (χ2v) is 4.70. The summed E-state index contributed by atoms with van der Waals surface area (Å²) >= 11 is 0. The molecule has 0 atom stereocenters. The number of rotatable bonds is 6. The van der Waals surface area contributed by atoms with Crippen LogP contribution in [-0.4, -0.2) is 18.1 Å². The van der Waals surface area contributed by atoms with E-state index in [-0.39, 0.29) is 5.75 Å². The fourth-order valence-electron chi connectivity index (χ4n) is 2.19. The van der Waals surface area contributed by atoms with Crippen LogP contribution in [0.1, 0.15) is 18.1 Å². The van der Waals surface area contributed by atoms with E-state index < -0.39 is 0 Å². The second kappa shape index (κ2) is 6.75. The Labute approximate surface area is 119 Å². The standard InChI is InChI=1S/C17H19NO2/c1-2-18(13-19)16-12-15(10-11-17(16)20)9-8-14-6-4-3-5-7-14/h3-7,10-13,20H,2,8-9H2,1H3. The van der Waals surface area contributed by atoms with Gasteiger partial charge in [0.05, 0.1) is 5.69 Å². The number of phenols is 1. The molecule has 0 fully saturated rings. The molecule has 0 unspecified atom stereocenters. The molecular weight excluding hydrogens is 250 g/mol. The van der Waals surface area contributed by atoms with E-state index in [2.05, 4.69) is 12.1 Å². The fourth-order valence-corrected chi connectivity index (χ4v) is 2.19. The monoisotopic (exact) mass is 269 g/mol.